The molecule has 33 heavy (non-hydrogen) atoms. The highest BCUT2D eigenvalue weighted by Gasteiger charge is 2.45. The molecule has 174 valence electrons. The summed E-state index contributed by atoms with van der Waals surface area (Å²) in [6.07, 6.45) is 1.61. The second kappa shape index (κ2) is 12.0. The van der Waals surface area contributed by atoms with Crippen molar-refractivity contribution in [2.75, 3.05) is 32.8 Å². The summed E-state index contributed by atoms with van der Waals surface area (Å²) < 4.78 is 11.5. The lowest BCUT2D eigenvalue weighted by Gasteiger charge is -2.38. The minimum Gasteiger partial charge on any atom is -1.00 e. The summed E-state index contributed by atoms with van der Waals surface area (Å²) >= 11 is 0. The van der Waals surface area contributed by atoms with Crippen molar-refractivity contribution < 1.29 is 36.1 Å². The zero-order chi connectivity index (χ0) is 22.2. The van der Waals surface area contributed by atoms with E-state index in [1.165, 1.54) is 16.0 Å². The molecule has 0 bridgehead atoms. The normalized spacial score (nSPS) is 19.8. The molecule has 3 aromatic rings. The number of ether oxygens (including phenoxy) is 2. The van der Waals surface area contributed by atoms with Crippen LogP contribution in [0.3, 0.4) is 0 Å². The van der Waals surface area contributed by atoms with E-state index in [-0.39, 0.29) is 23.0 Å². The van der Waals surface area contributed by atoms with Gasteiger partial charge in [0.15, 0.2) is 0 Å². The Balaban J connectivity index is 0.00000306. The first-order valence-electron chi connectivity index (χ1n) is 11.6. The van der Waals surface area contributed by atoms with Gasteiger partial charge >= 0.3 is 5.97 Å². The van der Waals surface area contributed by atoms with E-state index in [0.29, 0.717) is 13.2 Å². The van der Waals surface area contributed by atoms with Gasteiger partial charge < -0.3 is 31.4 Å². The molecule has 1 aliphatic rings. The van der Waals surface area contributed by atoms with Gasteiger partial charge in [-0.25, -0.2) is 0 Å². The first-order valence-corrected chi connectivity index (χ1v) is 11.6. The molecule has 1 heterocycles. The maximum Gasteiger partial charge on any atom is 0.317 e. The number of likely N-dealkylation sites (tertiary alicyclic amines) is 1. The SMILES string of the molecule is CCOC(=O)C1(c2ccccc2)CC[NH+](CCOc2ccc(-c3ccccc3)cc2)CC1.[Br-]. The van der Waals surface area contributed by atoms with Gasteiger partial charge in [0.25, 0.3) is 0 Å². The predicted octanol–water partition coefficient (Wildman–Crippen LogP) is 0.916. The number of piperidine rings is 1. The number of benzene rings is 3. The fourth-order valence-electron chi connectivity index (χ4n) is 4.60. The molecule has 0 aromatic heterocycles. The Labute approximate surface area is 207 Å². The summed E-state index contributed by atoms with van der Waals surface area (Å²) in [6, 6.07) is 28.8. The van der Waals surface area contributed by atoms with E-state index in [9.17, 15) is 4.79 Å². The summed E-state index contributed by atoms with van der Waals surface area (Å²) in [5, 5.41) is 0. The maximum atomic E-state index is 12.9. The molecule has 4 nitrogen and oxygen atoms in total. The van der Waals surface area contributed by atoms with Crippen LogP contribution in [-0.2, 0) is 14.9 Å². The average Bonchev–Trinajstić information content (AvgIpc) is 2.86. The average molecular weight is 510 g/mol. The molecule has 0 aliphatic carbocycles. The van der Waals surface area contributed by atoms with Crippen molar-refractivity contribution in [3.63, 3.8) is 0 Å². The largest absolute Gasteiger partial charge is 1.00 e. The number of hydrogen-bond donors (Lipinski definition) is 1. The number of rotatable bonds is 8. The van der Waals surface area contributed by atoms with Gasteiger partial charge in [0.2, 0.25) is 0 Å². The van der Waals surface area contributed by atoms with Crippen LogP contribution in [0.1, 0.15) is 25.3 Å². The standard InChI is InChI=1S/C28H31NO3.BrH/c1-2-31-27(30)28(25-11-7-4-8-12-25)17-19-29(20-18-28)21-22-32-26-15-13-24(14-16-26)23-9-5-3-6-10-23;/h3-16H,2,17-22H2,1H3;1H. The van der Waals surface area contributed by atoms with E-state index >= 15 is 0 Å². The molecular weight excluding hydrogens is 478 g/mol. The van der Waals surface area contributed by atoms with Gasteiger partial charge in [-0.2, -0.15) is 0 Å². The number of hydrogen-bond acceptors (Lipinski definition) is 3. The number of carbonyl (C=O) groups is 1. The molecule has 3 aromatic carbocycles. The second-order valence-electron chi connectivity index (χ2n) is 8.41. The van der Waals surface area contributed by atoms with Crippen LogP contribution in [0.4, 0.5) is 0 Å². The third kappa shape index (κ3) is 6.04. The minimum absolute atomic E-state index is 0. The first kappa shape index (κ1) is 25.0. The van der Waals surface area contributed by atoms with Crippen LogP contribution in [0.15, 0.2) is 84.9 Å². The maximum absolute atomic E-state index is 12.9. The molecular formula is C28H32BrNO3. The predicted molar refractivity (Wildman–Crippen MR) is 127 cm³/mol. The highest BCUT2D eigenvalue weighted by atomic mass is 79.9. The molecule has 0 saturated carbocycles. The van der Waals surface area contributed by atoms with Crippen LogP contribution in [0.5, 0.6) is 5.75 Å². The van der Waals surface area contributed by atoms with Gasteiger partial charge in [0.05, 0.1) is 19.7 Å². The van der Waals surface area contributed by atoms with Gasteiger partial charge in [0, 0.05) is 12.8 Å². The van der Waals surface area contributed by atoms with Crippen LogP contribution < -0.4 is 26.6 Å². The van der Waals surface area contributed by atoms with Gasteiger partial charge in [-0.05, 0) is 35.7 Å². The van der Waals surface area contributed by atoms with Gasteiger partial charge in [-0.1, -0.05) is 72.8 Å². The molecule has 1 fully saturated rings. The molecule has 0 radical (unpaired) electrons. The Bertz CT molecular complexity index is 985. The van der Waals surface area contributed by atoms with Crippen molar-refractivity contribution in [2.24, 2.45) is 0 Å². The molecule has 1 saturated heterocycles. The van der Waals surface area contributed by atoms with E-state index < -0.39 is 5.41 Å². The number of esters is 1. The zero-order valence-electron chi connectivity index (χ0n) is 19.1. The van der Waals surface area contributed by atoms with E-state index in [0.717, 1.165) is 43.8 Å². The summed E-state index contributed by atoms with van der Waals surface area (Å²) in [7, 11) is 0. The Morgan fingerprint density at radius 3 is 2.03 bits per heavy atom. The van der Waals surface area contributed by atoms with Crippen LogP contribution in [0.2, 0.25) is 0 Å². The fourth-order valence-corrected chi connectivity index (χ4v) is 4.60. The summed E-state index contributed by atoms with van der Waals surface area (Å²) in [4.78, 5) is 14.4. The number of carbonyl (C=O) groups excluding carboxylic acids is 1. The number of halogens is 1. The Kier molecular flexibility index (Phi) is 9.10. The fraction of sp³-hybridized carbons (Fsp3) is 0.321. The molecule has 0 amide bonds. The number of quaternary nitrogens is 1. The quantitative estimate of drug-likeness (QED) is 0.459. The smallest absolute Gasteiger partial charge is 0.317 e. The van der Waals surface area contributed by atoms with Gasteiger partial charge in [0.1, 0.15) is 24.3 Å². The van der Waals surface area contributed by atoms with Crippen molar-refractivity contribution in [2.45, 2.75) is 25.2 Å². The topological polar surface area (TPSA) is 40.0 Å². The summed E-state index contributed by atoms with van der Waals surface area (Å²) in [6.45, 7) is 5.75. The third-order valence-electron chi connectivity index (χ3n) is 6.49. The van der Waals surface area contributed by atoms with Gasteiger partial charge in [-0.3, -0.25) is 4.79 Å². The Morgan fingerprint density at radius 2 is 1.42 bits per heavy atom. The molecule has 1 aliphatic heterocycles. The van der Waals surface area contributed by atoms with Crippen molar-refractivity contribution in [1.82, 2.24) is 0 Å². The van der Waals surface area contributed by atoms with E-state index in [1.807, 2.05) is 43.3 Å². The van der Waals surface area contributed by atoms with Gasteiger partial charge in [-0.15, -0.1) is 0 Å². The summed E-state index contributed by atoms with van der Waals surface area (Å²) in [5.41, 5.74) is 2.96. The van der Waals surface area contributed by atoms with Crippen LogP contribution in [0.25, 0.3) is 11.1 Å². The number of nitrogens with one attached hydrogen (secondary N) is 1. The molecule has 4 rings (SSSR count). The Morgan fingerprint density at radius 1 is 0.848 bits per heavy atom. The molecule has 1 N–H and O–H groups in total. The van der Waals surface area contributed by atoms with E-state index in [4.69, 9.17) is 9.47 Å². The third-order valence-corrected chi connectivity index (χ3v) is 6.49. The van der Waals surface area contributed by atoms with Crippen molar-refractivity contribution in [3.8, 4) is 16.9 Å². The molecule has 0 spiro atoms. The Hall–Kier alpha value is -2.63. The van der Waals surface area contributed by atoms with Crippen LogP contribution >= 0.6 is 0 Å². The van der Waals surface area contributed by atoms with E-state index in [1.54, 1.807) is 0 Å². The molecule has 0 unspecified atom stereocenters. The highest BCUT2D eigenvalue weighted by molar-refractivity contribution is 5.83. The van der Waals surface area contributed by atoms with E-state index in [2.05, 4.69) is 48.5 Å². The highest BCUT2D eigenvalue weighted by Crippen LogP contribution is 2.34. The second-order valence-corrected chi connectivity index (χ2v) is 8.41. The first-order chi connectivity index (χ1) is 15.7. The lowest BCUT2D eigenvalue weighted by atomic mass is 9.72. The molecule has 0 atom stereocenters. The minimum atomic E-state index is -0.519. The van der Waals surface area contributed by atoms with Crippen LogP contribution in [-0.4, -0.2) is 38.8 Å². The van der Waals surface area contributed by atoms with Crippen LogP contribution in [0, 0.1) is 0 Å². The monoisotopic (exact) mass is 509 g/mol. The van der Waals surface area contributed by atoms with Crippen molar-refractivity contribution >= 4 is 5.97 Å². The van der Waals surface area contributed by atoms with Crippen molar-refractivity contribution in [1.29, 1.82) is 0 Å². The lowest BCUT2D eigenvalue weighted by molar-refractivity contribution is -0.906. The summed E-state index contributed by atoms with van der Waals surface area (Å²) in [5.74, 6) is 0.811. The zero-order valence-corrected chi connectivity index (χ0v) is 20.7. The lowest BCUT2D eigenvalue weighted by Crippen LogP contribution is -3.14. The van der Waals surface area contributed by atoms with Crippen molar-refractivity contribution in [3.05, 3.63) is 90.5 Å². The molecule has 5 heteroatoms.